The fourth-order valence-corrected chi connectivity index (χ4v) is 2.95. The third-order valence-electron chi connectivity index (χ3n) is 4.42. The summed E-state index contributed by atoms with van der Waals surface area (Å²) in [5, 5.41) is 7.88. The van der Waals surface area contributed by atoms with Crippen molar-refractivity contribution in [1.82, 2.24) is 14.3 Å². The maximum absolute atomic E-state index is 13.4. The number of pyridine rings is 1. The summed E-state index contributed by atoms with van der Waals surface area (Å²) in [5.41, 5.74) is -2.47. The third-order valence-corrected chi connectivity index (χ3v) is 5.25. The Balaban J connectivity index is 2.27. The van der Waals surface area contributed by atoms with Crippen LogP contribution in [0.2, 0.25) is 0 Å². The Bertz CT molecular complexity index is 905. The van der Waals surface area contributed by atoms with E-state index in [1.165, 1.54) is 13.2 Å². The van der Waals surface area contributed by atoms with E-state index in [0.29, 0.717) is 11.2 Å². The van der Waals surface area contributed by atoms with Crippen LogP contribution in [0.15, 0.2) is 21.9 Å². The van der Waals surface area contributed by atoms with Crippen molar-refractivity contribution in [3.63, 3.8) is 0 Å². The molecular weight excluding hydrogens is 338 g/mol. The molecule has 0 amide bonds. The predicted molar refractivity (Wildman–Crippen MR) is 91.1 cm³/mol. The highest BCUT2D eigenvalue weighted by Crippen LogP contribution is 2.47. The van der Waals surface area contributed by atoms with Crippen molar-refractivity contribution in [2.24, 2.45) is 7.05 Å². The fraction of sp³-hybridized carbons (Fsp3) is 0.533. The summed E-state index contributed by atoms with van der Waals surface area (Å²) in [4.78, 5) is 24.6. The van der Waals surface area contributed by atoms with E-state index in [4.69, 9.17) is 0 Å². The maximum Gasteiger partial charge on any atom is 0.274 e. The van der Waals surface area contributed by atoms with Crippen LogP contribution in [0.3, 0.4) is 0 Å². The van der Waals surface area contributed by atoms with Crippen LogP contribution in [0.4, 0.5) is 14.6 Å². The standard InChI is InChI=1S/C15H18F2N4O2S/c1-8(24-3)18-12-10-7-21(15(4-5-15)14(16)17)11(22)6-9(10)13(23)20(2)19-12/h6-8,14H,4-5H2,1-3H3,(H,18,19). The topological polar surface area (TPSA) is 68.9 Å². The molecule has 1 N–H and O–H groups in total. The lowest BCUT2D eigenvalue weighted by Gasteiger charge is -2.20. The second-order valence-electron chi connectivity index (χ2n) is 6.01. The van der Waals surface area contributed by atoms with Gasteiger partial charge in [0, 0.05) is 24.7 Å². The van der Waals surface area contributed by atoms with Gasteiger partial charge in [0.2, 0.25) is 0 Å². The monoisotopic (exact) mass is 356 g/mol. The summed E-state index contributed by atoms with van der Waals surface area (Å²) >= 11 is 1.54. The molecule has 0 aromatic carbocycles. The smallest absolute Gasteiger partial charge is 0.274 e. The Labute approximate surface area is 140 Å². The number of thioether (sulfide) groups is 1. The molecule has 1 aliphatic rings. The normalized spacial score (nSPS) is 17.2. The van der Waals surface area contributed by atoms with E-state index in [9.17, 15) is 18.4 Å². The number of nitrogens with zero attached hydrogens (tertiary/aromatic N) is 3. The number of hydrogen-bond donors (Lipinski definition) is 1. The van der Waals surface area contributed by atoms with E-state index < -0.39 is 23.1 Å². The summed E-state index contributed by atoms with van der Waals surface area (Å²) in [6.45, 7) is 1.92. The first-order chi connectivity index (χ1) is 11.3. The highest BCUT2D eigenvalue weighted by Gasteiger charge is 2.53. The fourth-order valence-electron chi connectivity index (χ4n) is 2.72. The minimum Gasteiger partial charge on any atom is -0.357 e. The summed E-state index contributed by atoms with van der Waals surface area (Å²) in [5.74, 6) is 0.396. The number of halogens is 2. The van der Waals surface area contributed by atoms with E-state index in [2.05, 4.69) is 10.4 Å². The number of hydrogen-bond acceptors (Lipinski definition) is 5. The van der Waals surface area contributed by atoms with Gasteiger partial charge in [0.05, 0.1) is 10.8 Å². The zero-order chi connectivity index (χ0) is 17.6. The average Bonchev–Trinajstić information content (AvgIpc) is 3.33. The number of aryl methyl sites for hydroxylation is 1. The molecule has 0 radical (unpaired) electrons. The first-order valence-corrected chi connectivity index (χ1v) is 8.80. The van der Waals surface area contributed by atoms with E-state index >= 15 is 0 Å². The molecule has 1 atom stereocenters. The summed E-state index contributed by atoms with van der Waals surface area (Å²) in [6.07, 6.45) is 1.12. The number of anilines is 1. The van der Waals surface area contributed by atoms with Gasteiger partial charge in [-0.05, 0) is 26.0 Å². The van der Waals surface area contributed by atoms with Gasteiger partial charge in [-0.1, -0.05) is 0 Å². The van der Waals surface area contributed by atoms with Crippen LogP contribution in [0.25, 0.3) is 10.8 Å². The Morgan fingerprint density at radius 2 is 2.00 bits per heavy atom. The number of fused-ring (bicyclic) bond motifs is 1. The molecular formula is C15H18F2N4O2S. The molecule has 0 bridgehead atoms. The number of aromatic nitrogens is 3. The summed E-state index contributed by atoms with van der Waals surface area (Å²) < 4.78 is 29.0. The Kier molecular flexibility index (Phi) is 4.15. The van der Waals surface area contributed by atoms with Gasteiger partial charge in [-0.2, -0.15) is 5.10 Å². The molecule has 2 aromatic rings. The summed E-state index contributed by atoms with van der Waals surface area (Å²) in [7, 11) is 1.49. The Morgan fingerprint density at radius 3 is 2.54 bits per heavy atom. The van der Waals surface area contributed by atoms with Crippen LogP contribution >= 0.6 is 11.8 Å². The van der Waals surface area contributed by atoms with Crippen molar-refractivity contribution in [3.05, 3.63) is 33.0 Å². The van der Waals surface area contributed by atoms with Gasteiger partial charge in [-0.25, -0.2) is 13.5 Å². The maximum atomic E-state index is 13.4. The predicted octanol–water partition coefficient (Wildman–Crippen LogP) is 1.97. The molecule has 0 spiro atoms. The molecule has 0 saturated heterocycles. The molecule has 1 aliphatic carbocycles. The molecule has 6 nitrogen and oxygen atoms in total. The van der Waals surface area contributed by atoms with Crippen LogP contribution in [0.1, 0.15) is 19.8 Å². The minimum absolute atomic E-state index is 0.00330. The molecule has 24 heavy (non-hydrogen) atoms. The van der Waals surface area contributed by atoms with E-state index in [0.717, 1.165) is 15.3 Å². The van der Waals surface area contributed by atoms with Gasteiger partial charge in [0.15, 0.2) is 5.82 Å². The highest BCUT2D eigenvalue weighted by molar-refractivity contribution is 7.99. The first kappa shape index (κ1) is 16.9. The minimum atomic E-state index is -2.63. The van der Waals surface area contributed by atoms with Crippen molar-refractivity contribution in [1.29, 1.82) is 0 Å². The second kappa shape index (κ2) is 5.87. The first-order valence-electron chi connectivity index (χ1n) is 7.52. The molecule has 0 aliphatic heterocycles. The van der Waals surface area contributed by atoms with Crippen LogP contribution < -0.4 is 16.4 Å². The Hall–Kier alpha value is -1.90. The van der Waals surface area contributed by atoms with Gasteiger partial charge < -0.3 is 9.88 Å². The lowest BCUT2D eigenvalue weighted by Crippen LogP contribution is -2.36. The van der Waals surface area contributed by atoms with Gasteiger partial charge >= 0.3 is 0 Å². The zero-order valence-electron chi connectivity index (χ0n) is 13.5. The van der Waals surface area contributed by atoms with E-state index in [1.807, 2.05) is 13.2 Å². The molecule has 3 rings (SSSR count). The van der Waals surface area contributed by atoms with Crippen molar-refractivity contribution in [2.45, 2.75) is 37.1 Å². The highest BCUT2D eigenvalue weighted by atomic mass is 32.2. The van der Waals surface area contributed by atoms with Crippen molar-refractivity contribution in [3.8, 4) is 0 Å². The number of alkyl halides is 2. The SMILES string of the molecule is CSC(C)Nc1nn(C)c(=O)c2cc(=O)n(C3(C(F)F)CC3)cc12. The van der Waals surface area contributed by atoms with Crippen LogP contribution in [0, 0.1) is 0 Å². The largest absolute Gasteiger partial charge is 0.357 e. The molecule has 1 fully saturated rings. The lowest BCUT2D eigenvalue weighted by atomic mass is 10.2. The quantitative estimate of drug-likeness (QED) is 0.830. The molecule has 1 saturated carbocycles. The zero-order valence-corrected chi connectivity index (χ0v) is 14.4. The number of nitrogens with one attached hydrogen (secondary N) is 1. The van der Waals surface area contributed by atoms with Gasteiger partial charge in [0.25, 0.3) is 17.5 Å². The lowest BCUT2D eigenvalue weighted by molar-refractivity contribution is 0.0654. The van der Waals surface area contributed by atoms with Gasteiger partial charge in [-0.15, -0.1) is 11.8 Å². The third kappa shape index (κ3) is 2.60. The molecule has 2 heterocycles. The molecule has 1 unspecified atom stereocenters. The number of rotatable bonds is 5. The molecule has 2 aromatic heterocycles. The molecule has 9 heteroatoms. The van der Waals surface area contributed by atoms with E-state index in [-0.39, 0.29) is 23.6 Å². The molecule has 130 valence electrons. The van der Waals surface area contributed by atoms with E-state index in [1.54, 1.807) is 11.8 Å². The van der Waals surface area contributed by atoms with Crippen LogP contribution in [-0.4, -0.2) is 32.4 Å². The van der Waals surface area contributed by atoms with Crippen molar-refractivity contribution in [2.75, 3.05) is 11.6 Å². The van der Waals surface area contributed by atoms with Crippen molar-refractivity contribution >= 4 is 28.4 Å². The second-order valence-corrected chi connectivity index (χ2v) is 7.19. The van der Waals surface area contributed by atoms with Gasteiger partial charge in [-0.3, -0.25) is 9.59 Å². The van der Waals surface area contributed by atoms with Crippen molar-refractivity contribution < 1.29 is 8.78 Å². The van der Waals surface area contributed by atoms with Crippen LogP contribution in [0.5, 0.6) is 0 Å². The Morgan fingerprint density at radius 1 is 1.33 bits per heavy atom. The van der Waals surface area contributed by atoms with Gasteiger partial charge in [0.1, 0.15) is 5.54 Å². The summed E-state index contributed by atoms with van der Waals surface area (Å²) in [6, 6.07) is 1.14. The average molecular weight is 356 g/mol. The van der Waals surface area contributed by atoms with Crippen LogP contribution in [-0.2, 0) is 12.6 Å².